The molecule has 1 fully saturated rings. The Labute approximate surface area is 95.5 Å². The van der Waals surface area contributed by atoms with Gasteiger partial charge in [0.2, 0.25) is 0 Å². The summed E-state index contributed by atoms with van der Waals surface area (Å²) in [6, 6.07) is 4.67. The van der Waals surface area contributed by atoms with Gasteiger partial charge in [0.25, 0.3) is 0 Å². The Bertz CT molecular complexity index is 273. The zero-order valence-electron chi connectivity index (χ0n) is 9.06. The van der Waals surface area contributed by atoms with Crippen molar-refractivity contribution >= 4 is 11.3 Å². The van der Waals surface area contributed by atoms with E-state index in [1.54, 1.807) is 0 Å². The zero-order valence-corrected chi connectivity index (χ0v) is 9.88. The summed E-state index contributed by atoms with van der Waals surface area (Å²) < 4.78 is 0. The summed E-state index contributed by atoms with van der Waals surface area (Å²) in [6.45, 7) is 2.47. The minimum absolute atomic E-state index is 0.311. The second-order valence-corrected chi connectivity index (χ2v) is 5.27. The van der Waals surface area contributed by atoms with Gasteiger partial charge in [-0.1, -0.05) is 18.9 Å². The monoisotopic (exact) mass is 225 g/mol. The molecule has 2 heterocycles. The van der Waals surface area contributed by atoms with E-state index in [0.717, 1.165) is 19.5 Å². The Morgan fingerprint density at radius 3 is 3.07 bits per heavy atom. The van der Waals surface area contributed by atoms with Crippen LogP contribution in [0.2, 0.25) is 0 Å². The summed E-state index contributed by atoms with van der Waals surface area (Å²) in [5, 5.41) is 11.5. The highest BCUT2D eigenvalue weighted by atomic mass is 32.1. The first-order chi connectivity index (χ1) is 7.40. The Hall–Kier alpha value is -0.380. The molecule has 1 atom stereocenters. The van der Waals surface area contributed by atoms with Crippen molar-refractivity contribution in [3.8, 4) is 0 Å². The number of hydrogen-bond donors (Lipinski definition) is 1. The fourth-order valence-electron chi connectivity index (χ4n) is 2.25. The number of likely N-dealkylation sites (tertiary alicyclic amines) is 1. The largest absolute Gasteiger partial charge is 0.395 e. The first kappa shape index (κ1) is 11.1. The maximum Gasteiger partial charge on any atom is 0.0587 e. The fraction of sp³-hybridized carbons (Fsp3) is 0.667. The summed E-state index contributed by atoms with van der Waals surface area (Å²) in [5.74, 6) is 0. The molecule has 0 aliphatic carbocycles. The van der Waals surface area contributed by atoms with Gasteiger partial charge in [-0.15, -0.1) is 11.3 Å². The minimum Gasteiger partial charge on any atom is -0.395 e. The SMILES string of the molecule is OCC1CCCCCN1Cc1cccs1. The van der Waals surface area contributed by atoms with Crippen LogP contribution in [0.15, 0.2) is 17.5 Å². The zero-order chi connectivity index (χ0) is 10.5. The van der Waals surface area contributed by atoms with Crippen LogP contribution < -0.4 is 0 Å². The van der Waals surface area contributed by atoms with Gasteiger partial charge >= 0.3 is 0 Å². The molecule has 1 N–H and O–H groups in total. The molecule has 1 aromatic heterocycles. The van der Waals surface area contributed by atoms with Crippen molar-refractivity contribution in [1.82, 2.24) is 4.90 Å². The van der Waals surface area contributed by atoms with Gasteiger partial charge in [-0.25, -0.2) is 0 Å². The number of thiophene rings is 1. The molecular formula is C12H19NOS. The molecule has 15 heavy (non-hydrogen) atoms. The first-order valence-electron chi connectivity index (χ1n) is 5.77. The maximum atomic E-state index is 9.38. The lowest BCUT2D eigenvalue weighted by atomic mass is 10.1. The van der Waals surface area contributed by atoms with Crippen molar-refractivity contribution in [1.29, 1.82) is 0 Å². The molecule has 1 aliphatic heterocycles. The van der Waals surface area contributed by atoms with E-state index < -0.39 is 0 Å². The average molecular weight is 225 g/mol. The third-order valence-corrected chi connectivity index (χ3v) is 4.01. The molecule has 3 heteroatoms. The van der Waals surface area contributed by atoms with E-state index in [1.807, 2.05) is 11.3 Å². The quantitative estimate of drug-likeness (QED) is 0.854. The normalized spacial score (nSPS) is 23.9. The van der Waals surface area contributed by atoms with Crippen molar-refractivity contribution in [2.75, 3.05) is 13.2 Å². The lowest BCUT2D eigenvalue weighted by Crippen LogP contribution is -2.36. The Balaban J connectivity index is 1.97. The van der Waals surface area contributed by atoms with Gasteiger partial charge in [0.1, 0.15) is 0 Å². The van der Waals surface area contributed by atoms with Gasteiger partial charge in [0, 0.05) is 17.5 Å². The van der Waals surface area contributed by atoms with Crippen LogP contribution in [0.5, 0.6) is 0 Å². The van der Waals surface area contributed by atoms with Gasteiger partial charge in [0.15, 0.2) is 0 Å². The molecule has 1 saturated heterocycles. The smallest absolute Gasteiger partial charge is 0.0587 e. The number of hydrogen-bond acceptors (Lipinski definition) is 3. The van der Waals surface area contributed by atoms with Crippen LogP contribution in [0.3, 0.4) is 0 Å². The van der Waals surface area contributed by atoms with Gasteiger partial charge in [0.05, 0.1) is 6.61 Å². The predicted molar refractivity (Wildman–Crippen MR) is 64.1 cm³/mol. The van der Waals surface area contributed by atoms with E-state index in [4.69, 9.17) is 0 Å². The van der Waals surface area contributed by atoms with E-state index in [2.05, 4.69) is 22.4 Å². The van der Waals surface area contributed by atoms with E-state index in [1.165, 1.54) is 24.1 Å². The molecule has 0 bridgehead atoms. The number of rotatable bonds is 3. The van der Waals surface area contributed by atoms with Crippen molar-refractivity contribution < 1.29 is 5.11 Å². The average Bonchev–Trinajstić information content (AvgIpc) is 2.64. The van der Waals surface area contributed by atoms with Crippen LogP contribution in [0.25, 0.3) is 0 Å². The van der Waals surface area contributed by atoms with Gasteiger partial charge in [-0.05, 0) is 30.8 Å². The maximum absolute atomic E-state index is 9.38. The highest BCUT2D eigenvalue weighted by Gasteiger charge is 2.20. The van der Waals surface area contributed by atoms with Crippen molar-refractivity contribution in [2.45, 2.75) is 38.3 Å². The highest BCUT2D eigenvalue weighted by molar-refractivity contribution is 7.09. The second kappa shape index (κ2) is 5.64. The molecule has 0 spiro atoms. The van der Waals surface area contributed by atoms with Crippen LogP contribution >= 0.6 is 11.3 Å². The molecule has 0 amide bonds. The van der Waals surface area contributed by atoms with Crippen LogP contribution in [0.1, 0.15) is 30.6 Å². The lowest BCUT2D eigenvalue weighted by molar-refractivity contribution is 0.119. The molecule has 84 valence electrons. The molecule has 1 unspecified atom stereocenters. The van der Waals surface area contributed by atoms with Crippen LogP contribution in [0.4, 0.5) is 0 Å². The van der Waals surface area contributed by atoms with Crippen LogP contribution in [0, 0.1) is 0 Å². The molecule has 1 aliphatic rings. The molecule has 2 rings (SSSR count). The Morgan fingerprint density at radius 1 is 1.40 bits per heavy atom. The summed E-state index contributed by atoms with van der Waals surface area (Å²) >= 11 is 1.81. The van der Waals surface area contributed by atoms with E-state index in [0.29, 0.717) is 12.6 Å². The van der Waals surface area contributed by atoms with Crippen molar-refractivity contribution in [3.63, 3.8) is 0 Å². The van der Waals surface area contributed by atoms with Gasteiger partial charge in [-0.2, -0.15) is 0 Å². The fourth-order valence-corrected chi connectivity index (χ4v) is 2.98. The topological polar surface area (TPSA) is 23.5 Å². The van der Waals surface area contributed by atoms with E-state index >= 15 is 0 Å². The predicted octanol–water partition coefficient (Wildman–Crippen LogP) is 2.49. The lowest BCUT2D eigenvalue weighted by Gasteiger charge is -2.27. The molecule has 2 nitrogen and oxygen atoms in total. The molecule has 0 aromatic carbocycles. The minimum atomic E-state index is 0.311. The highest BCUT2D eigenvalue weighted by Crippen LogP contribution is 2.20. The molecular weight excluding hydrogens is 206 g/mol. The molecule has 0 radical (unpaired) electrons. The summed E-state index contributed by atoms with van der Waals surface area (Å²) in [5.41, 5.74) is 0. The van der Waals surface area contributed by atoms with Crippen LogP contribution in [-0.4, -0.2) is 29.2 Å². The third-order valence-electron chi connectivity index (χ3n) is 3.15. The molecule has 0 saturated carbocycles. The van der Waals surface area contributed by atoms with E-state index in [-0.39, 0.29) is 0 Å². The number of aliphatic hydroxyl groups excluding tert-OH is 1. The Morgan fingerprint density at radius 2 is 2.33 bits per heavy atom. The third kappa shape index (κ3) is 3.03. The van der Waals surface area contributed by atoms with Gasteiger partial charge < -0.3 is 5.11 Å². The summed E-state index contributed by atoms with van der Waals surface area (Å²) in [6.07, 6.45) is 5.02. The number of aliphatic hydroxyl groups is 1. The number of nitrogens with zero attached hydrogens (tertiary/aromatic N) is 1. The van der Waals surface area contributed by atoms with Crippen molar-refractivity contribution in [3.05, 3.63) is 22.4 Å². The van der Waals surface area contributed by atoms with Crippen molar-refractivity contribution in [2.24, 2.45) is 0 Å². The summed E-state index contributed by atoms with van der Waals surface area (Å²) in [4.78, 5) is 3.86. The first-order valence-corrected chi connectivity index (χ1v) is 6.65. The standard InChI is InChI=1S/C12H19NOS/c14-10-11-5-2-1-3-7-13(11)9-12-6-4-8-15-12/h4,6,8,11,14H,1-3,5,7,9-10H2. The van der Waals surface area contributed by atoms with E-state index in [9.17, 15) is 5.11 Å². The second-order valence-electron chi connectivity index (χ2n) is 4.24. The Kier molecular flexibility index (Phi) is 4.18. The summed E-state index contributed by atoms with van der Waals surface area (Å²) in [7, 11) is 0. The molecule has 1 aromatic rings. The van der Waals surface area contributed by atoms with Gasteiger partial charge in [-0.3, -0.25) is 4.90 Å². The van der Waals surface area contributed by atoms with Crippen LogP contribution in [-0.2, 0) is 6.54 Å².